The molecule has 1 aromatic rings. The second-order valence-corrected chi connectivity index (χ2v) is 7.74. The zero-order valence-corrected chi connectivity index (χ0v) is 14.3. The van der Waals surface area contributed by atoms with Gasteiger partial charge in [0.05, 0.1) is 18.8 Å². The number of piperazine rings is 1. The van der Waals surface area contributed by atoms with Crippen molar-refractivity contribution in [1.82, 2.24) is 13.6 Å². The zero-order chi connectivity index (χ0) is 18.1. The van der Waals surface area contributed by atoms with Crippen molar-refractivity contribution < 1.29 is 26.3 Å². The van der Waals surface area contributed by atoms with E-state index in [1.54, 1.807) is 4.90 Å². The van der Waals surface area contributed by atoms with Gasteiger partial charge in [-0.15, -0.1) is 0 Å². The quantitative estimate of drug-likeness (QED) is 0.776. The normalized spacial score (nSPS) is 21.5. The molecule has 0 saturated carbocycles. The highest BCUT2D eigenvalue weighted by molar-refractivity contribution is 7.86. The van der Waals surface area contributed by atoms with E-state index < -0.39 is 21.9 Å². The molecule has 11 heteroatoms. The molecule has 7 nitrogen and oxygen atoms in total. The molecule has 2 aliphatic heterocycles. The van der Waals surface area contributed by atoms with Gasteiger partial charge in [-0.3, -0.25) is 0 Å². The van der Waals surface area contributed by atoms with Gasteiger partial charge in [0, 0.05) is 45.5 Å². The lowest BCUT2D eigenvalue weighted by Gasteiger charge is -2.38. The lowest BCUT2D eigenvalue weighted by Crippen LogP contribution is -2.55. The first-order valence-electron chi connectivity index (χ1n) is 7.89. The topological polar surface area (TPSA) is 66.0 Å². The van der Waals surface area contributed by atoms with Gasteiger partial charge in [-0.25, -0.2) is 4.98 Å². The van der Waals surface area contributed by atoms with Crippen LogP contribution in [0.2, 0.25) is 0 Å². The first kappa shape index (κ1) is 18.4. The van der Waals surface area contributed by atoms with Crippen LogP contribution in [-0.2, 0) is 21.1 Å². The Morgan fingerprint density at radius 2 is 1.56 bits per heavy atom. The summed E-state index contributed by atoms with van der Waals surface area (Å²) in [6.45, 7) is 2.73. The smallest absolute Gasteiger partial charge is 0.379 e. The Balaban J connectivity index is 1.61. The van der Waals surface area contributed by atoms with Crippen LogP contribution in [0, 0.1) is 0 Å². The highest BCUT2D eigenvalue weighted by Crippen LogP contribution is 2.29. The van der Waals surface area contributed by atoms with Crippen molar-refractivity contribution in [3.05, 3.63) is 23.9 Å². The van der Waals surface area contributed by atoms with Crippen LogP contribution >= 0.6 is 0 Å². The number of nitrogens with zero attached hydrogens (tertiary/aromatic N) is 4. The standard InChI is InChI=1S/C14H19F3N4O3S/c15-14(16,17)12-1-2-13(18-11-12)19-3-5-20(6-4-19)25(22,23)21-7-9-24-10-8-21/h1-2,11H,3-10H2. The van der Waals surface area contributed by atoms with Crippen LogP contribution in [0.3, 0.4) is 0 Å². The number of rotatable bonds is 3. The molecule has 2 aliphatic rings. The van der Waals surface area contributed by atoms with Gasteiger partial charge in [-0.1, -0.05) is 0 Å². The molecule has 3 rings (SSSR count). The van der Waals surface area contributed by atoms with Gasteiger partial charge in [0.2, 0.25) is 0 Å². The maximum atomic E-state index is 12.6. The molecular formula is C14H19F3N4O3S. The number of alkyl halides is 3. The van der Waals surface area contributed by atoms with E-state index >= 15 is 0 Å². The number of hydrogen-bond acceptors (Lipinski definition) is 5. The predicted octanol–water partition coefficient (Wildman–Crippen LogP) is 0.799. The van der Waals surface area contributed by atoms with Crippen molar-refractivity contribution in [3.63, 3.8) is 0 Å². The lowest BCUT2D eigenvalue weighted by molar-refractivity contribution is -0.137. The number of pyridine rings is 1. The minimum Gasteiger partial charge on any atom is -0.379 e. The van der Waals surface area contributed by atoms with Crippen molar-refractivity contribution in [2.24, 2.45) is 0 Å². The molecule has 3 heterocycles. The van der Waals surface area contributed by atoms with Crippen LogP contribution in [-0.4, -0.2) is 74.5 Å². The third-order valence-corrected chi connectivity index (χ3v) is 6.30. The second-order valence-electron chi connectivity index (χ2n) is 5.81. The van der Waals surface area contributed by atoms with Crippen molar-refractivity contribution in [2.75, 3.05) is 57.4 Å². The van der Waals surface area contributed by atoms with E-state index in [-0.39, 0.29) is 13.1 Å². The third kappa shape index (κ3) is 4.05. The average molecular weight is 380 g/mol. The van der Waals surface area contributed by atoms with Crippen LogP contribution < -0.4 is 4.90 Å². The molecule has 1 aromatic heterocycles. The van der Waals surface area contributed by atoms with Crippen molar-refractivity contribution in [1.29, 1.82) is 0 Å². The van der Waals surface area contributed by atoms with E-state index in [1.165, 1.54) is 14.7 Å². The minimum atomic E-state index is -4.42. The summed E-state index contributed by atoms with van der Waals surface area (Å²) in [6, 6.07) is 2.30. The molecule has 0 spiro atoms. The van der Waals surface area contributed by atoms with Crippen LogP contribution in [0.25, 0.3) is 0 Å². The number of ether oxygens (including phenoxy) is 1. The predicted molar refractivity (Wildman–Crippen MR) is 84.3 cm³/mol. The molecule has 2 fully saturated rings. The fourth-order valence-corrected chi connectivity index (χ4v) is 4.39. The summed E-state index contributed by atoms with van der Waals surface area (Å²) in [4.78, 5) is 5.64. The molecule has 0 atom stereocenters. The molecule has 0 radical (unpaired) electrons. The summed E-state index contributed by atoms with van der Waals surface area (Å²) in [5, 5.41) is 0. The number of hydrogen-bond donors (Lipinski definition) is 0. The maximum absolute atomic E-state index is 12.6. The Morgan fingerprint density at radius 3 is 2.08 bits per heavy atom. The maximum Gasteiger partial charge on any atom is 0.417 e. The van der Waals surface area contributed by atoms with Crippen LogP contribution in [0.15, 0.2) is 18.3 Å². The van der Waals surface area contributed by atoms with Gasteiger partial charge in [-0.05, 0) is 12.1 Å². The molecule has 0 N–H and O–H groups in total. The summed E-state index contributed by atoms with van der Waals surface area (Å²) < 4.78 is 70.9. The highest BCUT2D eigenvalue weighted by atomic mass is 32.2. The van der Waals surface area contributed by atoms with E-state index in [0.717, 1.165) is 12.3 Å². The van der Waals surface area contributed by atoms with E-state index in [4.69, 9.17) is 4.74 Å². The number of aromatic nitrogens is 1. The fourth-order valence-electron chi connectivity index (χ4n) is 2.83. The molecule has 25 heavy (non-hydrogen) atoms. The van der Waals surface area contributed by atoms with Crippen molar-refractivity contribution >= 4 is 16.0 Å². The van der Waals surface area contributed by atoms with Gasteiger partial charge in [0.1, 0.15) is 5.82 Å². The van der Waals surface area contributed by atoms with E-state index in [0.29, 0.717) is 45.2 Å². The lowest BCUT2D eigenvalue weighted by atomic mass is 10.2. The van der Waals surface area contributed by atoms with Crippen LogP contribution in [0.5, 0.6) is 0 Å². The number of anilines is 1. The summed E-state index contributed by atoms with van der Waals surface area (Å²) in [6.07, 6.45) is -3.62. The van der Waals surface area contributed by atoms with Crippen LogP contribution in [0.4, 0.5) is 19.0 Å². The molecule has 140 valence electrons. The van der Waals surface area contributed by atoms with Gasteiger partial charge >= 0.3 is 6.18 Å². The molecule has 0 bridgehead atoms. The first-order chi connectivity index (χ1) is 11.8. The number of morpholine rings is 1. The Labute approximate surface area is 144 Å². The van der Waals surface area contributed by atoms with E-state index in [1.807, 2.05) is 0 Å². The van der Waals surface area contributed by atoms with E-state index in [9.17, 15) is 21.6 Å². The molecule has 0 aromatic carbocycles. The van der Waals surface area contributed by atoms with E-state index in [2.05, 4.69) is 4.98 Å². The van der Waals surface area contributed by atoms with Gasteiger partial charge in [0.15, 0.2) is 0 Å². The second kappa shape index (κ2) is 7.06. The highest BCUT2D eigenvalue weighted by Gasteiger charge is 2.34. The molecular weight excluding hydrogens is 361 g/mol. The minimum absolute atomic E-state index is 0.266. The third-order valence-electron chi connectivity index (χ3n) is 4.26. The van der Waals surface area contributed by atoms with Crippen LogP contribution in [0.1, 0.15) is 5.56 Å². The largest absolute Gasteiger partial charge is 0.417 e. The molecule has 0 unspecified atom stereocenters. The number of halogens is 3. The summed E-state index contributed by atoms with van der Waals surface area (Å²) in [7, 11) is -3.53. The average Bonchev–Trinajstić information content (AvgIpc) is 2.62. The molecule has 0 aliphatic carbocycles. The zero-order valence-electron chi connectivity index (χ0n) is 13.4. The Hall–Kier alpha value is -1.43. The fraction of sp³-hybridized carbons (Fsp3) is 0.643. The SMILES string of the molecule is O=S(=O)(N1CCOCC1)N1CCN(c2ccc(C(F)(F)F)cn2)CC1. The summed E-state index contributed by atoms with van der Waals surface area (Å²) in [5.41, 5.74) is -0.801. The Kier molecular flexibility index (Phi) is 5.19. The van der Waals surface area contributed by atoms with Crippen molar-refractivity contribution in [2.45, 2.75) is 6.18 Å². The van der Waals surface area contributed by atoms with Gasteiger partial charge in [-0.2, -0.15) is 30.2 Å². The summed E-state index contributed by atoms with van der Waals surface area (Å²) in [5.74, 6) is 0.413. The molecule has 2 saturated heterocycles. The Bertz CT molecular complexity index is 682. The van der Waals surface area contributed by atoms with Gasteiger partial charge in [0.25, 0.3) is 10.2 Å². The first-order valence-corrected chi connectivity index (χ1v) is 9.29. The summed E-state index contributed by atoms with van der Waals surface area (Å²) >= 11 is 0. The van der Waals surface area contributed by atoms with Gasteiger partial charge < -0.3 is 9.64 Å². The molecule has 0 amide bonds. The van der Waals surface area contributed by atoms with Crippen molar-refractivity contribution in [3.8, 4) is 0 Å². The Morgan fingerprint density at radius 1 is 0.960 bits per heavy atom. The monoisotopic (exact) mass is 380 g/mol.